The maximum atomic E-state index is 12.7. The molecule has 2 aromatic carbocycles. The van der Waals surface area contributed by atoms with Crippen LogP contribution >= 0.6 is 11.3 Å². The van der Waals surface area contributed by atoms with E-state index in [9.17, 15) is 4.79 Å². The van der Waals surface area contributed by atoms with Crippen LogP contribution in [0.1, 0.15) is 12.5 Å². The summed E-state index contributed by atoms with van der Waals surface area (Å²) in [7, 11) is 0. The molecule has 136 valence electrons. The number of amides is 1. The minimum absolute atomic E-state index is 0.138. The van der Waals surface area contributed by atoms with E-state index in [1.165, 1.54) is 16.9 Å². The molecule has 1 aliphatic rings. The third-order valence-electron chi connectivity index (χ3n) is 4.39. The van der Waals surface area contributed by atoms with Crippen molar-refractivity contribution < 1.29 is 14.3 Å². The maximum absolute atomic E-state index is 12.7. The number of terminal acetylenes is 1. The van der Waals surface area contributed by atoms with Crippen molar-refractivity contribution in [1.29, 1.82) is 0 Å². The molecule has 5 nitrogen and oxygen atoms in total. The number of thiazole rings is 1. The zero-order valence-electron chi connectivity index (χ0n) is 14.8. The van der Waals surface area contributed by atoms with Crippen LogP contribution in [0, 0.1) is 12.3 Å². The fourth-order valence-electron chi connectivity index (χ4n) is 2.97. The third-order valence-corrected chi connectivity index (χ3v) is 5.44. The van der Waals surface area contributed by atoms with E-state index in [0.29, 0.717) is 22.8 Å². The topological polar surface area (TPSA) is 52.8 Å². The molecule has 0 saturated carbocycles. The van der Waals surface area contributed by atoms with E-state index >= 15 is 0 Å². The number of para-hydroxylation sites is 2. The minimum Gasteiger partial charge on any atom is -0.485 e. The summed E-state index contributed by atoms with van der Waals surface area (Å²) in [4.78, 5) is 17.6. The van der Waals surface area contributed by atoms with Crippen LogP contribution in [0.25, 0.3) is 10.2 Å². The van der Waals surface area contributed by atoms with Gasteiger partial charge in [-0.25, -0.2) is 0 Å². The number of carbonyl (C=O) groups excluding carboxylic acids is 1. The maximum Gasteiger partial charge on any atom is 0.292 e. The van der Waals surface area contributed by atoms with Crippen LogP contribution in [-0.4, -0.2) is 23.2 Å². The average Bonchev–Trinajstić information content (AvgIpc) is 3.04. The van der Waals surface area contributed by atoms with Crippen LogP contribution in [0.15, 0.2) is 47.5 Å². The smallest absolute Gasteiger partial charge is 0.292 e. The lowest BCUT2D eigenvalue weighted by Gasteiger charge is -2.23. The van der Waals surface area contributed by atoms with Gasteiger partial charge in [-0.3, -0.25) is 4.79 Å². The molecule has 3 aromatic rings. The Balaban J connectivity index is 1.71. The summed E-state index contributed by atoms with van der Waals surface area (Å²) < 4.78 is 14.3. The van der Waals surface area contributed by atoms with Crippen molar-refractivity contribution in [2.24, 2.45) is 4.99 Å². The molecule has 1 aliphatic heterocycles. The Hall–Kier alpha value is -3.04. The van der Waals surface area contributed by atoms with Crippen LogP contribution in [0.3, 0.4) is 0 Å². The number of fused-ring (bicyclic) bond motifs is 2. The Bertz CT molecular complexity index is 1120. The van der Waals surface area contributed by atoms with Gasteiger partial charge in [-0.15, -0.1) is 6.42 Å². The molecule has 0 bridgehead atoms. The second-order valence-electron chi connectivity index (χ2n) is 6.14. The van der Waals surface area contributed by atoms with Crippen molar-refractivity contribution in [2.75, 3.05) is 6.61 Å². The molecule has 2 heterocycles. The van der Waals surface area contributed by atoms with Gasteiger partial charge in [0.05, 0.1) is 16.8 Å². The Kier molecular flexibility index (Phi) is 4.69. The number of aryl methyl sites for hydroxylation is 1. The average molecular weight is 378 g/mol. The molecular formula is C21H18N2O3S. The minimum atomic E-state index is -0.768. The highest BCUT2D eigenvalue weighted by molar-refractivity contribution is 7.16. The SMILES string of the molecule is C#CCn1c(=NC(=O)C2COc3ccccc3O2)sc2cc(CC)ccc21. The first kappa shape index (κ1) is 17.4. The number of hydrogen-bond acceptors (Lipinski definition) is 4. The number of rotatable bonds is 3. The summed E-state index contributed by atoms with van der Waals surface area (Å²) in [6.45, 7) is 2.60. The number of nitrogens with zero attached hydrogens (tertiary/aromatic N) is 2. The van der Waals surface area contributed by atoms with Gasteiger partial charge < -0.3 is 14.0 Å². The molecule has 0 aliphatic carbocycles. The van der Waals surface area contributed by atoms with Crippen molar-refractivity contribution in [3.05, 3.63) is 52.8 Å². The molecule has 0 fully saturated rings. The van der Waals surface area contributed by atoms with Gasteiger partial charge in [0.25, 0.3) is 5.91 Å². The van der Waals surface area contributed by atoms with Crippen LogP contribution in [-0.2, 0) is 17.8 Å². The summed E-state index contributed by atoms with van der Waals surface area (Å²) in [5.41, 5.74) is 2.21. The van der Waals surface area contributed by atoms with Gasteiger partial charge in [-0.2, -0.15) is 4.99 Å². The third kappa shape index (κ3) is 3.34. The first-order chi connectivity index (χ1) is 13.2. The summed E-state index contributed by atoms with van der Waals surface area (Å²) in [5.74, 6) is 3.45. The summed E-state index contributed by atoms with van der Waals surface area (Å²) in [6, 6.07) is 13.5. The summed E-state index contributed by atoms with van der Waals surface area (Å²) >= 11 is 1.45. The van der Waals surface area contributed by atoms with Crippen molar-refractivity contribution in [2.45, 2.75) is 26.0 Å². The normalized spacial score (nSPS) is 16.3. The van der Waals surface area contributed by atoms with Gasteiger partial charge in [0.2, 0.25) is 6.10 Å². The number of aromatic nitrogens is 1. The lowest BCUT2D eigenvalue weighted by Crippen LogP contribution is -2.36. The quantitative estimate of drug-likeness (QED) is 0.658. The van der Waals surface area contributed by atoms with Gasteiger partial charge in [0, 0.05) is 0 Å². The van der Waals surface area contributed by atoms with Gasteiger partial charge >= 0.3 is 0 Å². The van der Waals surface area contributed by atoms with Crippen LogP contribution in [0.4, 0.5) is 0 Å². The Morgan fingerprint density at radius 2 is 2.15 bits per heavy atom. The van der Waals surface area contributed by atoms with E-state index in [1.807, 2.05) is 28.8 Å². The molecule has 0 N–H and O–H groups in total. The zero-order chi connectivity index (χ0) is 18.8. The Labute approximate surface area is 160 Å². The fraction of sp³-hybridized carbons (Fsp3) is 0.238. The van der Waals surface area contributed by atoms with Gasteiger partial charge in [-0.1, -0.05) is 42.4 Å². The first-order valence-electron chi connectivity index (χ1n) is 8.72. The predicted octanol–water partition coefficient (Wildman–Crippen LogP) is 3.17. The molecule has 1 unspecified atom stereocenters. The van der Waals surface area contributed by atoms with Crippen molar-refractivity contribution >= 4 is 27.5 Å². The number of ether oxygens (including phenoxy) is 2. The van der Waals surface area contributed by atoms with Gasteiger partial charge in [0.1, 0.15) is 6.61 Å². The van der Waals surface area contributed by atoms with E-state index in [2.05, 4.69) is 30.0 Å². The fourth-order valence-corrected chi connectivity index (χ4v) is 4.07. The van der Waals surface area contributed by atoms with E-state index in [1.54, 1.807) is 6.07 Å². The standard InChI is InChI=1S/C21H18N2O3S/c1-3-11-23-15-10-9-14(4-2)12-19(15)27-21(23)22-20(24)18-13-25-16-7-5-6-8-17(16)26-18/h1,5-10,12,18H,4,11,13H2,2H3. The monoisotopic (exact) mass is 378 g/mol. The van der Waals surface area contributed by atoms with E-state index < -0.39 is 6.10 Å². The molecule has 1 aromatic heterocycles. The molecule has 27 heavy (non-hydrogen) atoms. The first-order valence-corrected chi connectivity index (χ1v) is 9.54. The molecule has 0 saturated heterocycles. The van der Waals surface area contributed by atoms with Crippen molar-refractivity contribution in [3.63, 3.8) is 0 Å². The Morgan fingerprint density at radius 1 is 1.33 bits per heavy atom. The number of benzene rings is 2. The van der Waals surface area contributed by atoms with Crippen LogP contribution in [0.2, 0.25) is 0 Å². The molecule has 1 amide bonds. The Morgan fingerprint density at radius 3 is 2.93 bits per heavy atom. The van der Waals surface area contributed by atoms with Crippen LogP contribution in [0.5, 0.6) is 11.5 Å². The van der Waals surface area contributed by atoms with Gasteiger partial charge in [-0.05, 0) is 36.2 Å². The van der Waals surface area contributed by atoms with E-state index in [4.69, 9.17) is 15.9 Å². The van der Waals surface area contributed by atoms with Crippen molar-refractivity contribution in [3.8, 4) is 23.8 Å². The highest BCUT2D eigenvalue weighted by Crippen LogP contribution is 2.31. The second kappa shape index (κ2) is 7.29. The zero-order valence-corrected chi connectivity index (χ0v) is 15.7. The lowest BCUT2D eigenvalue weighted by atomic mass is 10.2. The largest absolute Gasteiger partial charge is 0.485 e. The molecule has 6 heteroatoms. The predicted molar refractivity (Wildman–Crippen MR) is 105 cm³/mol. The number of carbonyl (C=O) groups is 1. The van der Waals surface area contributed by atoms with E-state index in [0.717, 1.165) is 16.6 Å². The highest BCUT2D eigenvalue weighted by atomic mass is 32.1. The molecule has 1 atom stereocenters. The van der Waals surface area contributed by atoms with E-state index in [-0.39, 0.29) is 12.5 Å². The highest BCUT2D eigenvalue weighted by Gasteiger charge is 2.27. The lowest BCUT2D eigenvalue weighted by molar-refractivity contribution is -0.127. The molecule has 0 radical (unpaired) electrons. The molecule has 4 rings (SSSR count). The summed E-state index contributed by atoms with van der Waals surface area (Å²) in [5, 5.41) is 0. The number of hydrogen-bond donors (Lipinski definition) is 0. The van der Waals surface area contributed by atoms with Gasteiger partial charge in [0.15, 0.2) is 16.3 Å². The second-order valence-corrected chi connectivity index (χ2v) is 7.15. The summed E-state index contributed by atoms with van der Waals surface area (Å²) in [6.07, 6.45) is 5.70. The van der Waals surface area contributed by atoms with Crippen LogP contribution < -0.4 is 14.3 Å². The molecular weight excluding hydrogens is 360 g/mol. The van der Waals surface area contributed by atoms with Crippen molar-refractivity contribution in [1.82, 2.24) is 4.57 Å². The molecule has 0 spiro atoms.